The van der Waals surface area contributed by atoms with E-state index in [1.54, 1.807) is 0 Å². The van der Waals surface area contributed by atoms with Crippen molar-refractivity contribution in [3.63, 3.8) is 0 Å². The van der Waals surface area contributed by atoms with Crippen LogP contribution in [0.3, 0.4) is 0 Å². The summed E-state index contributed by atoms with van der Waals surface area (Å²) in [6.07, 6.45) is 4.03. The van der Waals surface area contributed by atoms with Gasteiger partial charge in [0.25, 0.3) is 5.92 Å². The van der Waals surface area contributed by atoms with E-state index in [-0.39, 0.29) is 12.5 Å². The number of hydrogen-bond acceptors (Lipinski definition) is 3. The Kier molecular flexibility index (Phi) is 4.01. The number of piperidine rings is 1. The van der Waals surface area contributed by atoms with E-state index in [4.69, 9.17) is 0 Å². The van der Waals surface area contributed by atoms with Crippen LogP contribution < -0.4 is 5.32 Å². The van der Waals surface area contributed by atoms with Gasteiger partial charge in [0, 0.05) is 55.8 Å². The maximum absolute atomic E-state index is 14.0. The van der Waals surface area contributed by atoms with Crippen molar-refractivity contribution in [2.45, 2.75) is 44.7 Å². The molecule has 6 heteroatoms. The minimum atomic E-state index is -2.56. The zero-order chi connectivity index (χ0) is 15.0. The smallest absolute Gasteiger partial charge is 0.254 e. The Hall–Kier alpha value is -1.01. The molecule has 0 radical (unpaired) electrons. The molecular weight excluding hydrogens is 274 g/mol. The molecule has 2 aliphatic heterocycles. The van der Waals surface area contributed by atoms with Crippen LogP contribution in [0.25, 0.3) is 0 Å². The quantitative estimate of drug-likeness (QED) is 0.924. The van der Waals surface area contributed by atoms with Crippen molar-refractivity contribution in [3.8, 4) is 0 Å². The summed E-state index contributed by atoms with van der Waals surface area (Å²) < 4.78 is 30.0. The molecule has 1 aromatic rings. The van der Waals surface area contributed by atoms with Gasteiger partial charge in [-0.1, -0.05) is 0 Å². The number of aryl methyl sites for hydroxylation is 1. The SMILES string of the molecule is CC(NCC1CN(C)CCC1(F)F)c1cnn2c1CCC2. The number of rotatable bonds is 4. The summed E-state index contributed by atoms with van der Waals surface area (Å²) in [5, 5.41) is 7.67. The zero-order valence-electron chi connectivity index (χ0n) is 12.8. The second-order valence-electron chi connectivity index (χ2n) is 6.47. The molecule has 1 fully saturated rings. The minimum absolute atomic E-state index is 0.0343. The number of hydrogen-bond donors (Lipinski definition) is 1. The molecule has 0 spiro atoms. The summed E-state index contributed by atoms with van der Waals surface area (Å²) in [6, 6.07) is 0.0786. The largest absolute Gasteiger partial charge is 0.310 e. The summed E-state index contributed by atoms with van der Waals surface area (Å²) in [4.78, 5) is 1.99. The van der Waals surface area contributed by atoms with E-state index >= 15 is 0 Å². The van der Waals surface area contributed by atoms with Crippen molar-refractivity contribution in [2.75, 3.05) is 26.7 Å². The molecule has 3 heterocycles. The average Bonchev–Trinajstić information content (AvgIpc) is 3.02. The summed E-state index contributed by atoms with van der Waals surface area (Å²) >= 11 is 0. The number of likely N-dealkylation sites (tertiary alicyclic amines) is 1. The normalized spacial score (nSPS) is 26.8. The van der Waals surface area contributed by atoms with E-state index < -0.39 is 11.8 Å². The molecule has 0 aliphatic carbocycles. The number of nitrogens with zero attached hydrogens (tertiary/aromatic N) is 3. The highest BCUT2D eigenvalue weighted by atomic mass is 19.3. The van der Waals surface area contributed by atoms with Gasteiger partial charge in [0.05, 0.1) is 6.20 Å². The van der Waals surface area contributed by atoms with Crippen molar-refractivity contribution in [2.24, 2.45) is 5.92 Å². The van der Waals surface area contributed by atoms with Crippen LogP contribution in [0, 0.1) is 5.92 Å². The van der Waals surface area contributed by atoms with Crippen LogP contribution in [-0.2, 0) is 13.0 Å². The van der Waals surface area contributed by atoms with Crippen molar-refractivity contribution >= 4 is 0 Å². The van der Waals surface area contributed by atoms with Crippen LogP contribution in [0.15, 0.2) is 6.20 Å². The number of nitrogens with one attached hydrogen (secondary N) is 1. The second kappa shape index (κ2) is 5.65. The van der Waals surface area contributed by atoms with Crippen molar-refractivity contribution in [1.82, 2.24) is 20.0 Å². The fourth-order valence-electron chi connectivity index (χ4n) is 3.44. The third-order valence-electron chi connectivity index (χ3n) is 4.86. The van der Waals surface area contributed by atoms with Gasteiger partial charge in [-0.15, -0.1) is 0 Å². The van der Waals surface area contributed by atoms with Gasteiger partial charge in [-0.25, -0.2) is 8.78 Å². The van der Waals surface area contributed by atoms with Gasteiger partial charge in [-0.3, -0.25) is 4.68 Å². The molecule has 3 rings (SSSR count). The topological polar surface area (TPSA) is 33.1 Å². The molecule has 0 saturated carbocycles. The van der Waals surface area contributed by atoms with Crippen molar-refractivity contribution < 1.29 is 8.78 Å². The molecule has 4 nitrogen and oxygen atoms in total. The highest BCUT2D eigenvalue weighted by molar-refractivity contribution is 5.23. The lowest BCUT2D eigenvalue weighted by Gasteiger charge is -2.37. The predicted octanol–water partition coefficient (Wildman–Crippen LogP) is 2.07. The van der Waals surface area contributed by atoms with Gasteiger partial charge < -0.3 is 10.2 Å². The molecule has 0 aromatic carbocycles. The zero-order valence-corrected chi connectivity index (χ0v) is 12.8. The number of aromatic nitrogens is 2. The standard InChI is InChI=1S/C15H24F2N4/c1-11(13-9-19-21-6-3-4-14(13)21)18-8-12-10-20(2)7-5-15(12,16)17/h9,11-12,18H,3-8,10H2,1-2H3. The van der Waals surface area contributed by atoms with Crippen LogP contribution in [0.2, 0.25) is 0 Å². The highest BCUT2D eigenvalue weighted by Crippen LogP contribution is 2.33. The maximum atomic E-state index is 14.0. The lowest BCUT2D eigenvalue weighted by atomic mass is 9.93. The summed E-state index contributed by atoms with van der Waals surface area (Å²) in [5.41, 5.74) is 2.43. The van der Waals surface area contributed by atoms with Crippen molar-refractivity contribution in [1.29, 1.82) is 0 Å². The molecule has 21 heavy (non-hydrogen) atoms. The summed E-state index contributed by atoms with van der Waals surface area (Å²) in [6.45, 7) is 4.31. The van der Waals surface area contributed by atoms with Gasteiger partial charge in [-0.2, -0.15) is 5.10 Å². The fraction of sp³-hybridized carbons (Fsp3) is 0.800. The molecule has 2 aliphatic rings. The van der Waals surface area contributed by atoms with Crippen LogP contribution in [0.1, 0.15) is 37.1 Å². The van der Waals surface area contributed by atoms with Gasteiger partial charge >= 0.3 is 0 Å². The predicted molar refractivity (Wildman–Crippen MR) is 77.5 cm³/mol. The molecular formula is C15H24F2N4. The van der Waals surface area contributed by atoms with E-state index in [0.29, 0.717) is 19.6 Å². The first-order valence-electron chi connectivity index (χ1n) is 7.81. The Balaban J connectivity index is 1.61. The second-order valence-corrected chi connectivity index (χ2v) is 6.47. The Bertz CT molecular complexity index is 500. The van der Waals surface area contributed by atoms with E-state index in [1.165, 1.54) is 11.3 Å². The highest BCUT2D eigenvalue weighted by Gasteiger charge is 2.43. The lowest BCUT2D eigenvalue weighted by Crippen LogP contribution is -2.49. The Morgan fingerprint density at radius 2 is 2.29 bits per heavy atom. The Morgan fingerprint density at radius 3 is 3.10 bits per heavy atom. The first-order valence-corrected chi connectivity index (χ1v) is 7.81. The van der Waals surface area contributed by atoms with Crippen LogP contribution in [0.4, 0.5) is 8.78 Å². The Labute approximate surface area is 124 Å². The van der Waals surface area contributed by atoms with E-state index in [9.17, 15) is 8.78 Å². The minimum Gasteiger partial charge on any atom is -0.310 e. The average molecular weight is 298 g/mol. The summed E-state index contributed by atoms with van der Waals surface area (Å²) in [7, 11) is 1.91. The molecule has 0 amide bonds. The van der Waals surface area contributed by atoms with Crippen LogP contribution in [0.5, 0.6) is 0 Å². The van der Waals surface area contributed by atoms with Gasteiger partial charge in [-0.05, 0) is 26.8 Å². The lowest BCUT2D eigenvalue weighted by molar-refractivity contribution is -0.101. The van der Waals surface area contributed by atoms with E-state index in [2.05, 4.69) is 10.4 Å². The maximum Gasteiger partial charge on any atom is 0.254 e. The van der Waals surface area contributed by atoms with Gasteiger partial charge in [0.15, 0.2) is 0 Å². The van der Waals surface area contributed by atoms with E-state index in [1.807, 2.05) is 29.7 Å². The molecule has 1 aromatic heterocycles. The van der Waals surface area contributed by atoms with Gasteiger partial charge in [0.1, 0.15) is 0 Å². The third-order valence-corrected chi connectivity index (χ3v) is 4.86. The molecule has 2 atom stereocenters. The number of halogens is 2. The van der Waals surface area contributed by atoms with Crippen LogP contribution >= 0.6 is 0 Å². The molecule has 1 N–H and O–H groups in total. The van der Waals surface area contributed by atoms with E-state index in [0.717, 1.165) is 19.4 Å². The molecule has 2 unspecified atom stereocenters. The Morgan fingerprint density at radius 1 is 1.48 bits per heavy atom. The third kappa shape index (κ3) is 2.97. The first kappa shape index (κ1) is 14.9. The number of alkyl halides is 2. The monoisotopic (exact) mass is 298 g/mol. The van der Waals surface area contributed by atoms with Gasteiger partial charge in [0.2, 0.25) is 0 Å². The molecule has 0 bridgehead atoms. The first-order chi connectivity index (χ1) is 9.97. The molecule has 118 valence electrons. The number of fused-ring (bicyclic) bond motifs is 1. The molecule has 1 saturated heterocycles. The van der Waals surface area contributed by atoms with Crippen LogP contribution in [-0.4, -0.2) is 47.3 Å². The fourth-order valence-corrected chi connectivity index (χ4v) is 3.44. The van der Waals surface area contributed by atoms with Crippen molar-refractivity contribution in [3.05, 3.63) is 17.5 Å². The summed E-state index contributed by atoms with van der Waals surface area (Å²) in [5.74, 6) is -3.16.